The third-order valence-electron chi connectivity index (χ3n) is 7.18. The van der Waals surface area contributed by atoms with E-state index in [0.29, 0.717) is 0 Å². The van der Waals surface area contributed by atoms with Crippen LogP contribution in [0.1, 0.15) is 71.1 Å². The molecule has 3 nitrogen and oxygen atoms in total. The summed E-state index contributed by atoms with van der Waals surface area (Å²) in [5, 5.41) is 3.75. The molecule has 1 saturated heterocycles. The third-order valence-corrected chi connectivity index (χ3v) is 7.18. The van der Waals surface area contributed by atoms with Crippen molar-refractivity contribution in [2.24, 2.45) is 35.1 Å². The Bertz CT molecular complexity index is 353. The molecule has 0 aromatic rings. The maximum absolute atomic E-state index is 7.26. The van der Waals surface area contributed by atoms with Gasteiger partial charge in [0.1, 0.15) is 0 Å². The molecule has 0 aromatic carbocycles. The molecule has 5 unspecified atom stereocenters. The highest BCUT2D eigenvalue weighted by atomic mass is 15.1. The number of nitrogens with one attached hydrogen (secondary N) is 1. The van der Waals surface area contributed by atoms with Gasteiger partial charge in [-0.25, -0.2) is 0 Å². The first-order valence-electron chi connectivity index (χ1n) is 9.94. The van der Waals surface area contributed by atoms with Crippen molar-refractivity contribution in [3.63, 3.8) is 0 Å². The van der Waals surface area contributed by atoms with Gasteiger partial charge in [-0.05, 0) is 62.8 Å². The molecule has 3 aliphatic rings. The van der Waals surface area contributed by atoms with Crippen molar-refractivity contribution >= 4 is 0 Å². The lowest BCUT2D eigenvalue weighted by Gasteiger charge is -2.62. The first-order valence-corrected chi connectivity index (χ1v) is 9.94. The Labute approximate surface area is 137 Å². The van der Waals surface area contributed by atoms with E-state index in [9.17, 15) is 0 Å². The highest BCUT2D eigenvalue weighted by molar-refractivity contribution is 5.15. The van der Waals surface area contributed by atoms with Crippen LogP contribution in [0.3, 0.4) is 0 Å². The molecule has 5 N–H and O–H groups in total. The van der Waals surface area contributed by atoms with E-state index in [2.05, 4.69) is 12.2 Å². The van der Waals surface area contributed by atoms with Crippen LogP contribution in [0.25, 0.3) is 0 Å². The summed E-state index contributed by atoms with van der Waals surface area (Å²) in [5.74, 6) is 3.13. The van der Waals surface area contributed by atoms with Crippen molar-refractivity contribution in [3.05, 3.63) is 0 Å². The van der Waals surface area contributed by atoms with Gasteiger partial charge in [0, 0.05) is 24.0 Å². The molecule has 3 rings (SSSR count). The minimum absolute atomic E-state index is 0.116. The molecule has 22 heavy (non-hydrogen) atoms. The minimum atomic E-state index is 0.116. The molecule has 0 radical (unpaired) electrons. The normalized spacial score (nSPS) is 42.1. The van der Waals surface area contributed by atoms with Crippen molar-refractivity contribution in [2.75, 3.05) is 13.1 Å². The van der Waals surface area contributed by atoms with E-state index in [1.807, 2.05) is 0 Å². The molecule has 128 valence electrons. The molecule has 0 amide bonds. The molecule has 1 aliphatic heterocycles. The van der Waals surface area contributed by atoms with Gasteiger partial charge in [0.05, 0.1) is 0 Å². The first kappa shape index (κ1) is 16.7. The second-order valence-corrected chi connectivity index (χ2v) is 8.29. The Kier molecular flexibility index (Phi) is 5.47. The molecular formula is C19H37N3. The van der Waals surface area contributed by atoms with Crippen LogP contribution in [-0.4, -0.2) is 24.7 Å². The highest BCUT2D eigenvalue weighted by Gasteiger charge is 2.58. The van der Waals surface area contributed by atoms with Gasteiger partial charge in [0.2, 0.25) is 0 Å². The fourth-order valence-electron chi connectivity index (χ4n) is 6.01. The molecule has 3 heteroatoms. The fourth-order valence-corrected chi connectivity index (χ4v) is 6.01. The number of nitrogens with two attached hydrogens (primary N) is 2. The van der Waals surface area contributed by atoms with Gasteiger partial charge in [-0.15, -0.1) is 0 Å². The summed E-state index contributed by atoms with van der Waals surface area (Å²) in [4.78, 5) is 0. The van der Waals surface area contributed by atoms with E-state index in [1.165, 1.54) is 70.8 Å². The van der Waals surface area contributed by atoms with Crippen molar-refractivity contribution in [1.29, 1.82) is 0 Å². The second-order valence-electron chi connectivity index (χ2n) is 8.29. The number of hydrogen-bond donors (Lipinski definition) is 3. The van der Waals surface area contributed by atoms with Crippen LogP contribution in [0.2, 0.25) is 0 Å². The number of fused-ring (bicyclic) bond motifs is 1. The molecular weight excluding hydrogens is 270 g/mol. The Hall–Kier alpha value is -0.120. The van der Waals surface area contributed by atoms with Crippen LogP contribution in [0.4, 0.5) is 0 Å². The molecule has 0 bridgehead atoms. The Morgan fingerprint density at radius 3 is 2.50 bits per heavy atom. The summed E-state index contributed by atoms with van der Waals surface area (Å²) in [7, 11) is 0. The van der Waals surface area contributed by atoms with Crippen molar-refractivity contribution < 1.29 is 0 Å². The average Bonchev–Trinajstić information content (AvgIpc) is 2.98. The molecule has 5 atom stereocenters. The van der Waals surface area contributed by atoms with Crippen LogP contribution < -0.4 is 16.8 Å². The van der Waals surface area contributed by atoms with Gasteiger partial charge in [-0.3, -0.25) is 0 Å². The van der Waals surface area contributed by atoms with Crippen molar-refractivity contribution in [3.8, 4) is 0 Å². The standard InChI is InChI=1S/C19H37N3/c1-2-7-14-12-16(10-5-6-11-20)19(21,15-8-3-4-9-15)17-13-22-18(14)17/h14-18,22H,2-13,20-21H2,1H3. The SMILES string of the molecule is CCCC1CC(CCCCN)C(N)(C2CCCC2)C2CNC12. The second kappa shape index (κ2) is 7.19. The van der Waals surface area contributed by atoms with E-state index in [-0.39, 0.29) is 5.54 Å². The van der Waals surface area contributed by atoms with Gasteiger partial charge >= 0.3 is 0 Å². The minimum Gasteiger partial charge on any atom is -0.330 e. The van der Waals surface area contributed by atoms with Gasteiger partial charge in [0.25, 0.3) is 0 Å². The van der Waals surface area contributed by atoms with E-state index in [1.54, 1.807) is 0 Å². The van der Waals surface area contributed by atoms with Crippen molar-refractivity contribution in [2.45, 2.75) is 82.7 Å². The van der Waals surface area contributed by atoms with Gasteiger partial charge in [0.15, 0.2) is 0 Å². The zero-order chi connectivity index (χ0) is 15.6. The van der Waals surface area contributed by atoms with Gasteiger partial charge < -0.3 is 16.8 Å². The van der Waals surface area contributed by atoms with E-state index in [0.717, 1.165) is 36.3 Å². The van der Waals surface area contributed by atoms with Gasteiger partial charge in [-0.1, -0.05) is 32.6 Å². The van der Waals surface area contributed by atoms with E-state index in [4.69, 9.17) is 11.5 Å². The topological polar surface area (TPSA) is 64.1 Å². The fraction of sp³-hybridized carbons (Fsp3) is 1.00. The summed E-state index contributed by atoms with van der Waals surface area (Å²) >= 11 is 0. The number of hydrogen-bond acceptors (Lipinski definition) is 3. The van der Waals surface area contributed by atoms with Gasteiger partial charge in [-0.2, -0.15) is 0 Å². The maximum atomic E-state index is 7.26. The molecule has 2 saturated carbocycles. The first-order chi connectivity index (χ1) is 10.7. The Morgan fingerprint density at radius 2 is 1.91 bits per heavy atom. The Morgan fingerprint density at radius 1 is 1.14 bits per heavy atom. The lowest BCUT2D eigenvalue weighted by molar-refractivity contribution is -0.0538. The largest absolute Gasteiger partial charge is 0.330 e. The molecule has 1 heterocycles. The van der Waals surface area contributed by atoms with Crippen LogP contribution >= 0.6 is 0 Å². The number of unbranched alkanes of at least 4 members (excludes halogenated alkanes) is 1. The molecule has 0 spiro atoms. The van der Waals surface area contributed by atoms with Crippen LogP contribution in [0.5, 0.6) is 0 Å². The zero-order valence-corrected chi connectivity index (χ0v) is 14.5. The summed E-state index contributed by atoms with van der Waals surface area (Å²) in [6.45, 7) is 4.34. The van der Waals surface area contributed by atoms with Crippen LogP contribution in [0.15, 0.2) is 0 Å². The van der Waals surface area contributed by atoms with E-state index < -0.39 is 0 Å². The molecule has 0 aromatic heterocycles. The van der Waals surface area contributed by atoms with Crippen LogP contribution in [0, 0.1) is 23.7 Å². The summed E-state index contributed by atoms with van der Waals surface area (Å²) < 4.78 is 0. The predicted octanol–water partition coefficient (Wildman–Crippen LogP) is 3.03. The zero-order valence-electron chi connectivity index (χ0n) is 14.5. The monoisotopic (exact) mass is 307 g/mol. The summed E-state index contributed by atoms with van der Waals surface area (Å²) in [5.41, 5.74) is 13.1. The van der Waals surface area contributed by atoms with Crippen molar-refractivity contribution in [1.82, 2.24) is 5.32 Å². The van der Waals surface area contributed by atoms with E-state index >= 15 is 0 Å². The lowest BCUT2D eigenvalue weighted by Crippen LogP contribution is -2.75. The quantitative estimate of drug-likeness (QED) is 0.633. The molecule has 2 aliphatic carbocycles. The summed E-state index contributed by atoms with van der Waals surface area (Å²) in [6.07, 6.45) is 13.4. The highest BCUT2D eigenvalue weighted by Crippen LogP contribution is 2.53. The average molecular weight is 308 g/mol. The lowest BCUT2D eigenvalue weighted by atomic mass is 9.52. The number of rotatable bonds is 7. The molecule has 3 fully saturated rings. The third kappa shape index (κ3) is 2.85. The smallest absolute Gasteiger partial charge is 0.0267 e. The maximum Gasteiger partial charge on any atom is 0.0267 e. The summed E-state index contributed by atoms with van der Waals surface area (Å²) in [6, 6.07) is 0.719. The Balaban J connectivity index is 1.76. The predicted molar refractivity (Wildman–Crippen MR) is 93.6 cm³/mol. The van der Waals surface area contributed by atoms with Crippen LogP contribution in [-0.2, 0) is 0 Å².